The number of aryl methyl sites for hydroxylation is 1. The molecule has 0 radical (unpaired) electrons. The minimum atomic E-state index is -0.771. The maximum absolute atomic E-state index is 13.2. The summed E-state index contributed by atoms with van der Waals surface area (Å²) in [5.41, 5.74) is 0.888. The van der Waals surface area contributed by atoms with Crippen LogP contribution in [0.15, 0.2) is 30.6 Å². The van der Waals surface area contributed by atoms with Gasteiger partial charge in [0.1, 0.15) is 0 Å². The van der Waals surface area contributed by atoms with Gasteiger partial charge in [0.2, 0.25) is 0 Å². The van der Waals surface area contributed by atoms with Gasteiger partial charge in [-0.1, -0.05) is 44.2 Å². The van der Waals surface area contributed by atoms with Gasteiger partial charge in [-0.2, -0.15) is 0 Å². The Bertz CT molecular complexity index is 474. The van der Waals surface area contributed by atoms with Gasteiger partial charge in [0, 0.05) is 0 Å². The lowest BCUT2D eigenvalue weighted by Crippen LogP contribution is -2.15. The first-order valence-corrected chi connectivity index (χ1v) is 8.38. The highest BCUT2D eigenvalue weighted by molar-refractivity contribution is 5.17. The van der Waals surface area contributed by atoms with E-state index < -0.39 is 11.6 Å². The van der Waals surface area contributed by atoms with Crippen LogP contribution in [0.25, 0.3) is 0 Å². The van der Waals surface area contributed by atoms with Crippen LogP contribution in [0.5, 0.6) is 0 Å². The Labute approximate surface area is 131 Å². The predicted molar refractivity (Wildman–Crippen MR) is 84.2 cm³/mol. The number of benzene rings is 1. The van der Waals surface area contributed by atoms with E-state index in [1.807, 2.05) is 0 Å². The van der Waals surface area contributed by atoms with Crippen LogP contribution in [-0.4, -0.2) is 0 Å². The molecule has 0 nitrogen and oxygen atoms in total. The molecule has 1 aromatic carbocycles. The molecule has 3 heteroatoms. The molecule has 122 valence electrons. The number of halogens is 3. The number of unbranched alkanes of at least 4 members (excludes halogenated alkanes) is 1. The van der Waals surface area contributed by atoms with Crippen molar-refractivity contribution in [2.45, 2.75) is 57.8 Å². The highest BCUT2D eigenvalue weighted by Gasteiger charge is 2.20. The molecule has 0 unspecified atom stereocenters. The SMILES string of the molecule is FC=CCCCC1CCC(CCc2ccc(F)c(F)c2)CC1. The largest absolute Gasteiger partial charge is 0.216 e. The lowest BCUT2D eigenvalue weighted by Gasteiger charge is -2.28. The average Bonchev–Trinajstić information content (AvgIpc) is 2.54. The van der Waals surface area contributed by atoms with Crippen molar-refractivity contribution in [3.8, 4) is 0 Å². The molecule has 2 rings (SSSR count). The third kappa shape index (κ3) is 5.51. The van der Waals surface area contributed by atoms with E-state index in [1.54, 1.807) is 12.1 Å². The van der Waals surface area contributed by atoms with Gasteiger partial charge in [-0.15, -0.1) is 0 Å². The Hall–Kier alpha value is -1.25. The van der Waals surface area contributed by atoms with Gasteiger partial charge in [-0.3, -0.25) is 0 Å². The third-order valence-electron chi connectivity index (χ3n) is 4.86. The summed E-state index contributed by atoms with van der Waals surface area (Å²) < 4.78 is 37.9. The van der Waals surface area contributed by atoms with Crippen molar-refractivity contribution in [1.29, 1.82) is 0 Å². The third-order valence-corrected chi connectivity index (χ3v) is 4.86. The number of hydrogen-bond donors (Lipinski definition) is 0. The fraction of sp³-hybridized carbons (Fsp3) is 0.579. The molecule has 0 heterocycles. The second kappa shape index (κ2) is 9.02. The zero-order valence-electron chi connectivity index (χ0n) is 13.0. The number of hydrogen-bond acceptors (Lipinski definition) is 0. The van der Waals surface area contributed by atoms with Gasteiger partial charge in [-0.25, -0.2) is 13.2 Å². The second-order valence-corrected chi connectivity index (χ2v) is 6.47. The molecule has 0 bridgehead atoms. The van der Waals surface area contributed by atoms with Crippen LogP contribution in [0.4, 0.5) is 13.2 Å². The fourth-order valence-electron chi connectivity index (χ4n) is 3.46. The van der Waals surface area contributed by atoms with Crippen LogP contribution in [-0.2, 0) is 6.42 Å². The maximum atomic E-state index is 13.2. The molecule has 1 aliphatic rings. The summed E-state index contributed by atoms with van der Waals surface area (Å²) in [4.78, 5) is 0. The zero-order chi connectivity index (χ0) is 15.8. The standard InChI is InChI=1S/C19H25F3/c20-13-3-1-2-4-15-5-7-16(8-6-15)9-10-17-11-12-18(21)19(22)14-17/h3,11-16H,1-2,4-10H2. The van der Waals surface area contributed by atoms with E-state index in [1.165, 1.54) is 44.2 Å². The summed E-state index contributed by atoms with van der Waals surface area (Å²) >= 11 is 0. The van der Waals surface area contributed by atoms with Crippen molar-refractivity contribution < 1.29 is 13.2 Å². The Morgan fingerprint density at radius 3 is 2.27 bits per heavy atom. The van der Waals surface area contributed by atoms with E-state index in [-0.39, 0.29) is 0 Å². The molecule has 1 aliphatic carbocycles. The van der Waals surface area contributed by atoms with Crippen LogP contribution in [0.3, 0.4) is 0 Å². The molecule has 1 aromatic rings. The molecule has 0 spiro atoms. The highest BCUT2D eigenvalue weighted by Crippen LogP contribution is 2.34. The highest BCUT2D eigenvalue weighted by atomic mass is 19.2. The van der Waals surface area contributed by atoms with Crippen LogP contribution in [0.2, 0.25) is 0 Å². The van der Waals surface area contributed by atoms with Crippen molar-refractivity contribution in [3.05, 3.63) is 47.8 Å². The molecule has 0 aliphatic heterocycles. The summed E-state index contributed by atoms with van der Waals surface area (Å²) in [6.07, 6.45) is 12.2. The van der Waals surface area contributed by atoms with E-state index in [9.17, 15) is 13.2 Å². The molecular weight excluding hydrogens is 285 g/mol. The quantitative estimate of drug-likeness (QED) is 0.514. The maximum Gasteiger partial charge on any atom is 0.159 e. The summed E-state index contributed by atoms with van der Waals surface area (Å²) in [5, 5.41) is 0. The van der Waals surface area contributed by atoms with Crippen molar-refractivity contribution in [1.82, 2.24) is 0 Å². The smallest absolute Gasteiger partial charge is 0.159 e. The van der Waals surface area contributed by atoms with Gasteiger partial charge < -0.3 is 0 Å². The summed E-state index contributed by atoms with van der Waals surface area (Å²) in [7, 11) is 0. The summed E-state index contributed by atoms with van der Waals surface area (Å²) in [6.45, 7) is 0. The molecular formula is C19H25F3. The summed E-state index contributed by atoms with van der Waals surface area (Å²) in [5.74, 6) is -0.0296. The number of allylic oxidation sites excluding steroid dienone is 1. The lowest BCUT2D eigenvalue weighted by molar-refractivity contribution is 0.250. The average molecular weight is 310 g/mol. The molecule has 0 atom stereocenters. The first kappa shape index (κ1) is 17.1. The van der Waals surface area contributed by atoms with E-state index in [0.29, 0.717) is 12.2 Å². The van der Waals surface area contributed by atoms with Crippen LogP contribution in [0, 0.1) is 23.5 Å². The molecule has 0 saturated heterocycles. The normalized spacial score (nSPS) is 22.3. The van der Waals surface area contributed by atoms with Gasteiger partial charge in [0.15, 0.2) is 11.6 Å². The lowest BCUT2D eigenvalue weighted by atomic mass is 9.78. The summed E-state index contributed by atoms with van der Waals surface area (Å²) in [6, 6.07) is 4.22. The molecule has 1 fully saturated rings. The minimum absolute atomic E-state index is 0.634. The van der Waals surface area contributed by atoms with E-state index >= 15 is 0 Å². The van der Waals surface area contributed by atoms with Crippen LogP contribution >= 0.6 is 0 Å². The Balaban J connectivity index is 1.65. The molecule has 22 heavy (non-hydrogen) atoms. The predicted octanol–water partition coefficient (Wildman–Crippen LogP) is 6.36. The van der Waals surface area contributed by atoms with Crippen molar-refractivity contribution in [3.63, 3.8) is 0 Å². The van der Waals surface area contributed by atoms with Gasteiger partial charge >= 0.3 is 0 Å². The van der Waals surface area contributed by atoms with Crippen molar-refractivity contribution in [2.75, 3.05) is 0 Å². The van der Waals surface area contributed by atoms with E-state index in [0.717, 1.165) is 37.2 Å². The monoisotopic (exact) mass is 310 g/mol. The van der Waals surface area contributed by atoms with Gasteiger partial charge in [0.05, 0.1) is 6.33 Å². The molecule has 0 amide bonds. The second-order valence-electron chi connectivity index (χ2n) is 6.47. The number of rotatable bonds is 7. The van der Waals surface area contributed by atoms with E-state index in [4.69, 9.17) is 0 Å². The Morgan fingerprint density at radius 1 is 0.955 bits per heavy atom. The Kier molecular flexibility index (Phi) is 7.01. The van der Waals surface area contributed by atoms with Gasteiger partial charge in [-0.05, 0) is 55.2 Å². The van der Waals surface area contributed by atoms with Gasteiger partial charge in [0.25, 0.3) is 0 Å². The van der Waals surface area contributed by atoms with E-state index in [2.05, 4.69) is 0 Å². The topological polar surface area (TPSA) is 0 Å². The van der Waals surface area contributed by atoms with Crippen molar-refractivity contribution >= 4 is 0 Å². The van der Waals surface area contributed by atoms with Crippen LogP contribution < -0.4 is 0 Å². The fourth-order valence-corrected chi connectivity index (χ4v) is 3.46. The first-order chi connectivity index (χ1) is 10.7. The zero-order valence-corrected chi connectivity index (χ0v) is 13.0. The molecule has 0 aromatic heterocycles. The Morgan fingerprint density at radius 2 is 1.64 bits per heavy atom. The van der Waals surface area contributed by atoms with Crippen LogP contribution in [0.1, 0.15) is 56.9 Å². The minimum Gasteiger partial charge on any atom is -0.216 e. The molecule has 1 saturated carbocycles. The van der Waals surface area contributed by atoms with Crippen molar-refractivity contribution in [2.24, 2.45) is 11.8 Å². The first-order valence-electron chi connectivity index (χ1n) is 8.38. The molecule has 0 N–H and O–H groups in total.